The molecule has 0 spiro atoms. The molecule has 142 valence electrons. The molecule has 28 heavy (non-hydrogen) atoms. The van der Waals surface area contributed by atoms with Crippen molar-refractivity contribution in [1.82, 2.24) is 15.6 Å². The number of ether oxygens (including phenoxy) is 1. The molecule has 0 bridgehead atoms. The predicted molar refractivity (Wildman–Crippen MR) is 109 cm³/mol. The fourth-order valence-corrected chi connectivity index (χ4v) is 3.33. The molecule has 0 aliphatic carbocycles. The summed E-state index contributed by atoms with van der Waals surface area (Å²) in [5, 5.41) is 5.84. The first-order chi connectivity index (χ1) is 13.8. The minimum Gasteiger partial charge on any atom is -0.493 e. The van der Waals surface area contributed by atoms with Crippen molar-refractivity contribution in [2.24, 2.45) is 0 Å². The quantitative estimate of drug-likeness (QED) is 0.692. The lowest BCUT2D eigenvalue weighted by Crippen LogP contribution is -2.36. The third-order valence-electron chi connectivity index (χ3n) is 4.79. The number of hydrogen-bond acceptors (Lipinski definition) is 3. The van der Waals surface area contributed by atoms with Gasteiger partial charge in [-0.1, -0.05) is 36.4 Å². The molecule has 0 atom stereocenters. The van der Waals surface area contributed by atoms with E-state index in [1.54, 1.807) is 6.20 Å². The van der Waals surface area contributed by atoms with Gasteiger partial charge in [0.25, 0.3) is 0 Å². The summed E-state index contributed by atoms with van der Waals surface area (Å²) in [6.07, 6.45) is 3.55. The molecule has 2 N–H and O–H groups in total. The van der Waals surface area contributed by atoms with Gasteiger partial charge >= 0.3 is 6.03 Å². The van der Waals surface area contributed by atoms with Gasteiger partial charge < -0.3 is 15.4 Å². The van der Waals surface area contributed by atoms with Crippen LogP contribution < -0.4 is 15.4 Å². The first-order valence-electron chi connectivity index (χ1n) is 9.54. The number of nitrogens with one attached hydrogen (secondary N) is 2. The highest BCUT2D eigenvalue weighted by atomic mass is 16.5. The number of pyridine rings is 1. The smallest absolute Gasteiger partial charge is 0.315 e. The number of amides is 2. The Morgan fingerprint density at radius 1 is 1.00 bits per heavy atom. The van der Waals surface area contributed by atoms with Crippen LogP contribution in [0, 0.1) is 0 Å². The van der Waals surface area contributed by atoms with E-state index in [-0.39, 0.29) is 6.03 Å². The van der Waals surface area contributed by atoms with Crippen molar-refractivity contribution in [2.75, 3.05) is 13.2 Å². The Morgan fingerprint density at radius 3 is 2.86 bits per heavy atom. The van der Waals surface area contributed by atoms with E-state index in [2.05, 4.69) is 33.8 Å². The molecule has 4 rings (SSSR count). The zero-order valence-corrected chi connectivity index (χ0v) is 15.7. The average Bonchev–Trinajstić information content (AvgIpc) is 3.21. The molecule has 1 aliphatic heterocycles. The second kappa shape index (κ2) is 8.57. The maximum atomic E-state index is 12.1. The van der Waals surface area contributed by atoms with E-state index in [1.165, 1.54) is 11.1 Å². The molecule has 0 radical (unpaired) electrons. The molecule has 0 unspecified atom stereocenters. The van der Waals surface area contributed by atoms with Gasteiger partial charge in [-0.2, -0.15) is 0 Å². The van der Waals surface area contributed by atoms with Gasteiger partial charge in [0.2, 0.25) is 0 Å². The zero-order valence-electron chi connectivity index (χ0n) is 15.7. The SMILES string of the molecule is O=C(NCCc1ccc2c(c1)CCO2)NCc1cccc(-c2ccccn2)c1. The normalized spacial score (nSPS) is 12.1. The second-order valence-corrected chi connectivity index (χ2v) is 6.82. The van der Waals surface area contributed by atoms with Crippen LogP contribution in [0.15, 0.2) is 66.9 Å². The second-order valence-electron chi connectivity index (χ2n) is 6.82. The Labute approximate surface area is 164 Å². The molecule has 3 aromatic rings. The number of carbonyl (C=O) groups excluding carboxylic acids is 1. The van der Waals surface area contributed by atoms with Crippen molar-refractivity contribution >= 4 is 6.03 Å². The number of rotatable bonds is 6. The van der Waals surface area contributed by atoms with Crippen LogP contribution in [0.5, 0.6) is 5.75 Å². The van der Waals surface area contributed by atoms with Crippen LogP contribution in [0.3, 0.4) is 0 Å². The van der Waals surface area contributed by atoms with Gasteiger partial charge in [-0.05, 0) is 47.4 Å². The Kier molecular flexibility index (Phi) is 5.52. The Morgan fingerprint density at radius 2 is 1.96 bits per heavy atom. The Bertz CT molecular complexity index is 957. The average molecular weight is 373 g/mol. The van der Waals surface area contributed by atoms with Crippen molar-refractivity contribution in [2.45, 2.75) is 19.4 Å². The third-order valence-corrected chi connectivity index (χ3v) is 4.79. The van der Waals surface area contributed by atoms with E-state index in [9.17, 15) is 4.79 Å². The summed E-state index contributed by atoms with van der Waals surface area (Å²) in [4.78, 5) is 16.5. The van der Waals surface area contributed by atoms with E-state index in [4.69, 9.17) is 4.74 Å². The summed E-state index contributed by atoms with van der Waals surface area (Å²) in [7, 11) is 0. The monoisotopic (exact) mass is 373 g/mol. The van der Waals surface area contributed by atoms with Crippen LogP contribution in [0.1, 0.15) is 16.7 Å². The van der Waals surface area contributed by atoms with E-state index in [0.717, 1.165) is 42.0 Å². The van der Waals surface area contributed by atoms with Crippen LogP contribution in [-0.2, 0) is 19.4 Å². The molecule has 1 aromatic heterocycles. The Hall–Kier alpha value is -3.34. The molecule has 2 heterocycles. The highest BCUT2D eigenvalue weighted by Crippen LogP contribution is 2.25. The molecule has 1 aliphatic rings. The summed E-state index contributed by atoms with van der Waals surface area (Å²) in [6.45, 7) is 1.84. The summed E-state index contributed by atoms with van der Waals surface area (Å²) in [5.74, 6) is 0.988. The first kappa shape index (κ1) is 18.0. The summed E-state index contributed by atoms with van der Waals surface area (Å²) in [6, 6.07) is 20.0. The standard InChI is InChI=1S/C23H23N3O2/c27-23(25-12-9-17-7-8-22-20(14-17)10-13-28-22)26-16-18-4-3-5-19(15-18)21-6-1-2-11-24-21/h1-8,11,14-15H,9-10,12-13,16H2,(H2,25,26,27). The number of hydrogen-bond donors (Lipinski definition) is 2. The zero-order chi connectivity index (χ0) is 19.2. The molecular formula is C23H23N3O2. The number of benzene rings is 2. The topological polar surface area (TPSA) is 63.2 Å². The first-order valence-corrected chi connectivity index (χ1v) is 9.54. The van der Waals surface area contributed by atoms with Gasteiger partial charge in [-0.3, -0.25) is 4.98 Å². The van der Waals surface area contributed by atoms with E-state index < -0.39 is 0 Å². The van der Waals surface area contributed by atoms with E-state index in [0.29, 0.717) is 13.1 Å². The lowest BCUT2D eigenvalue weighted by molar-refractivity contribution is 0.240. The van der Waals surface area contributed by atoms with Crippen LogP contribution in [0.2, 0.25) is 0 Å². The maximum absolute atomic E-state index is 12.1. The molecule has 2 amide bonds. The predicted octanol–water partition coefficient (Wildman–Crippen LogP) is 3.73. The van der Waals surface area contributed by atoms with Crippen LogP contribution >= 0.6 is 0 Å². The molecule has 0 saturated heterocycles. The van der Waals surface area contributed by atoms with Crippen molar-refractivity contribution in [3.05, 3.63) is 83.6 Å². The lowest BCUT2D eigenvalue weighted by Gasteiger charge is -2.09. The fourth-order valence-electron chi connectivity index (χ4n) is 3.33. The summed E-state index contributed by atoms with van der Waals surface area (Å²) < 4.78 is 5.52. The molecule has 2 aromatic carbocycles. The maximum Gasteiger partial charge on any atom is 0.315 e. The molecule has 5 nitrogen and oxygen atoms in total. The summed E-state index contributed by atoms with van der Waals surface area (Å²) in [5.41, 5.74) is 5.48. The van der Waals surface area contributed by atoms with Gasteiger partial charge in [-0.25, -0.2) is 4.79 Å². The highest BCUT2D eigenvalue weighted by molar-refractivity contribution is 5.74. The fraction of sp³-hybridized carbons (Fsp3) is 0.217. The van der Waals surface area contributed by atoms with Gasteiger partial charge in [0.15, 0.2) is 0 Å². The van der Waals surface area contributed by atoms with Gasteiger partial charge in [0.05, 0.1) is 12.3 Å². The van der Waals surface area contributed by atoms with Gasteiger partial charge in [-0.15, -0.1) is 0 Å². The highest BCUT2D eigenvalue weighted by Gasteiger charge is 2.12. The molecule has 0 saturated carbocycles. The van der Waals surface area contributed by atoms with E-state index >= 15 is 0 Å². The minimum atomic E-state index is -0.160. The number of aromatic nitrogens is 1. The minimum absolute atomic E-state index is 0.160. The largest absolute Gasteiger partial charge is 0.493 e. The lowest BCUT2D eigenvalue weighted by atomic mass is 10.1. The van der Waals surface area contributed by atoms with Crippen LogP contribution in [0.4, 0.5) is 4.79 Å². The van der Waals surface area contributed by atoms with Crippen molar-refractivity contribution < 1.29 is 9.53 Å². The van der Waals surface area contributed by atoms with Crippen LogP contribution in [-0.4, -0.2) is 24.2 Å². The number of carbonyl (C=O) groups is 1. The van der Waals surface area contributed by atoms with Gasteiger partial charge in [0.1, 0.15) is 5.75 Å². The molecule has 5 heteroatoms. The van der Waals surface area contributed by atoms with Crippen molar-refractivity contribution in [3.8, 4) is 17.0 Å². The number of nitrogens with zero attached hydrogens (tertiary/aromatic N) is 1. The van der Waals surface area contributed by atoms with Crippen molar-refractivity contribution in [3.63, 3.8) is 0 Å². The molecule has 0 fully saturated rings. The number of urea groups is 1. The number of fused-ring (bicyclic) bond motifs is 1. The Balaban J connectivity index is 1.25. The summed E-state index contributed by atoms with van der Waals surface area (Å²) >= 11 is 0. The molecular weight excluding hydrogens is 350 g/mol. The van der Waals surface area contributed by atoms with Crippen molar-refractivity contribution in [1.29, 1.82) is 0 Å². The van der Waals surface area contributed by atoms with Crippen LogP contribution in [0.25, 0.3) is 11.3 Å². The van der Waals surface area contributed by atoms with Gasteiger partial charge in [0, 0.05) is 31.3 Å². The van der Waals surface area contributed by atoms with E-state index in [1.807, 2.05) is 42.5 Å². The third kappa shape index (κ3) is 4.49.